The van der Waals surface area contributed by atoms with Crippen LogP contribution in [0.3, 0.4) is 0 Å². The summed E-state index contributed by atoms with van der Waals surface area (Å²) in [6.07, 6.45) is 6.52. The van der Waals surface area contributed by atoms with Gasteiger partial charge in [-0.2, -0.15) is 5.10 Å². The lowest BCUT2D eigenvalue weighted by atomic mass is 9.78. The minimum absolute atomic E-state index is 0.0752. The second kappa shape index (κ2) is 7.18. The third-order valence-electron chi connectivity index (χ3n) is 6.83. The first kappa shape index (κ1) is 19.2. The molecule has 6 heteroatoms. The molecule has 1 aromatic carbocycles. The zero-order valence-electron chi connectivity index (χ0n) is 17.5. The quantitative estimate of drug-likeness (QED) is 0.677. The van der Waals surface area contributed by atoms with Crippen LogP contribution >= 0.6 is 0 Å². The summed E-state index contributed by atoms with van der Waals surface area (Å²) in [6, 6.07) is 8.74. The number of hydrogen-bond acceptors (Lipinski definition) is 3. The number of fused-ring (bicyclic) bond motifs is 1. The Kier molecular flexibility index (Phi) is 4.60. The van der Waals surface area contributed by atoms with Gasteiger partial charge < -0.3 is 5.32 Å². The van der Waals surface area contributed by atoms with Crippen LogP contribution in [-0.2, 0) is 12.5 Å². The molecule has 0 aliphatic heterocycles. The Bertz CT molecular complexity index is 1110. The second-order valence-corrected chi connectivity index (χ2v) is 8.95. The highest BCUT2D eigenvalue weighted by atomic mass is 19.1. The number of aromatic nitrogens is 3. The molecule has 30 heavy (non-hydrogen) atoms. The average molecular weight is 407 g/mol. The van der Waals surface area contributed by atoms with Crippen molar-refractivity contribution >= 4 is 16.9 Å². The minimum atomic E-state index is -0.227. The Labute approximate surface area is 175 Å². The number of pyridine rings is 1. The fraction of sp³-hybridized carbons (Fsp3) is 0.458. The van der Waals surface area contributed by atoms with Gasteiger partial charge in [0.25, 0.3) is 5.91 Å². The molecule has 2 aliphatic rings. The van der Waals surface area contributed by atoms with E-state index in [4.69, 9.17) is 4.98 Å². The van der Waals surface area contributed by atoms with Gasteiger partial charge in [-0.15, -0.1) is 0 Å². The monoisotopic (exact) mass is 406 g/mol. The van der Waals surface area contributed by atoms with Crippen LogP contribution in [0.2, 0.25) is 0 Å². The van der Waals surface area contributed by atoms with Crippen molar-refractivity contribution in [2.75, 3.05) is 6.54 Å². The summed E-state index contributed by atoms with van der Waals surface area (Å²) in [6.45, 7) is 2.48. The van der Waals surface area contributed by atoms with Gasteiger partial charge in [0.05, 0.1) is 16.6 Å². The molecule has 2 saturated carbocycles. The lowest BCUT2D eigenvalue weighted by molar-refractivity contribution is 0.0944. The first-order chi connectivity index (χ1) is 14.5. The molecule has 3 aromatic rings. The van der Waals surface area contributed by atoms with Crippen LogP contribution < -0.4 is 5.32 Å². The Morgan fingerprint density at radius 2 is 1.93 bits per heavy atom. The summed E-state index contributed by atoms with van der Waals surface area (Å²) in [5.41, 5.74) is 4.24. The molecule has 1 N–H and O–H groups in total. The van der Waals surface area contributed by atoms with Crippen molar-refractivity contribution in [1.82, 2.24) is 20.1 Å². The summed E-state index contributed by atoms with van der Waals surface area (Å²) < 4.78 is 15.2. The average Bonchev–Trinajstić information content (AvgIpc) is 3.42. The molecule has 2 heterocycles. The van der Waals surface area contributed by atoms with Gasteiger partial charge in [0, 0.05) is 30.6 Å². The van der Waals surface area contributed by atoms with E-state index in [-0.39, 0.29) is 17.1 Å². The summed E-state index contributed by atoms with van der Waals surface area (Å²) in [7, 11) is 1.88. The van der Waals surface area contributed by atoms with Crippen molar-refractivity contribution in [2.24, 2.45) is 7.05 Å². The van der Waals surface area contributed by atoms with Crippen molar-refractivity contribution < 1.29 is 9.18 Å². The molecule has 0 unspecified atom stereocenters. The molecule has 2 fully saturated rings. The van der Waals surface area contributed by atoms with Crippen molar-refractivity contribution in [3.8, 4) is 0 Å². The van der Waals surface area contributed by atoms with E-state index in [1.807, 2.05) is 32.2 Å². The van der Waals surface area contributed by atoms with E-state index in [0.29, 0.717) is 18.0 Å². The third kappa shape index (κ3) is 3.28. The van der Waals surface area contributed by atoms with E-state index >= 15 is 0 Å². The van der Waals surface area contributed by atoms with Crippen LogP contribution in [0, 0.1) is 12.7 Å². The van der Waals surface area contributed by atoms with Gasteiger partial charge in [0.1, 0.15) is 5.82 Å². The van der Waals surface area contributed by atoms with Crippen LogP contribution in [-0.4, -0.2) is 27.2 Å². The number of carbonyl (C=O) groups is 1. The van der Waals surface area contributed by atoms with Gasteiger partial charge in [0.2, 0.25) is 0 Å². The molecule has 0 bridgehead atoms. The van der Waals surface area contributed by atoms with E-state index in [0.717, 1.165) is 66.5 Å². The highest BCUT2D eigenvalue weighted by Crippen LogP contribution is 2.42. The maximum Gasteiger partial charge on any atom is 0.252 e. The molecule has 0 saturated heterocycles. The SMILES string of the molecule is Cc1nn(C)c2nc(C3CC3)cc(C(=O)NCC3(c4ccc(F)cc4)CCCC3)c12. The van der Waals surface area contributed by atoms with Gasteiger partial charge in [-0.05, 0) is 56.4 Å². The Balaban J connectivity index is 1.46. The maximum atomic E-state index is 13.4. The maximum absolute atomic E-state index is 13.4. The van der Waals surface area contributed by atoms with Crippen molar-refractivity contribution in [1.29, 1.82) is 0 Å². The molecule has 1 amide bonds. The summed E-state index contributed by atoms with van der Waals surface area (Å²) in [5, 5.41) is 8.55. The molecule has 0 atom stereocenters. The Morgan fingerprint density at radius 1 is 1.23 bits per heavy atom. The fourth-order valence-electron chi connectivity index (χ4n) is 5.00. The number of aryl methyl sites for hydroxylation is 2. The number of halogens is 1. The molecule has 2 aromatic heterocycles. The zero-order valence-corrected chi connectivity index (χ0v) is 17.5. The highest BCUT2D eigenvalue weighted by molar-refractivity contribution is 6.06. The largest absolute Gasteiger partial charge is 0.351 e. The van der Waals surface area contributed by atoms with Crippen molar-refractivity contribution in [3.05, 3.63) is 58.7 Å². The van der Waals surface area contributed by atoms with Crippen LogP contribution in [0.1, 0.15) is 71.8 Å². The highest BCUT2D eigenvalue weighted by Gasteiger charge is 2.36. The standard InChI is InChI=1S/C24H27FN4O/c1-15-21-19(13-20(16-5-6-16)27-22(21)29(2)28-15)23(30)26-14-24(11-3-4-12-24)17-7-9-18(25)10-8-17/h7-10,13,16H,3-6,11-12,14H2,1-2H3,(H,26,30). The topological polar surface area (TPSA) is 59.8 Å². The summed E-state index contributed by atoms with van der Waals surface area (Å²) >= 11 is 0. The number of amides is 1. The first-order valence-electron chi connectivity index (χ1n) is 10.9. The number of rotatable bonds is 5. The van der Waals surface area contributed by atoms with E-state index in [1.54, 1.807) is 4.68 Å². The molecule has 0 spiro atoms. The van der Waals surface area contributed by atoms with E-state index in [9.17, 15) is 9.18 Å². The molecule has 156 valence electrons. The molecule has 5 nitrogen and oxygen atoms in total. The van der Waals surface area contributed by atoms with E-state index in [2.05, 4.69) is 10.4 Å². The van der Waals surface area contributed by atoms with Gasteiger partial charge in [-0.3, -0.25) is 9.48 Å². The Hall–Kier alpha value is -2.76. The van der Waals surface area contributed by atoms with Gasteiger partial charge in [0.15, 0.2) is 5.65 Å². The molecular formula is C24H27FN4O. The number of carbonyl (C=O) groups excluding carboxylic acids is 1. The number of nitrogens with zero attached hydrogens (tertiary/aromatic N) is 3. The third-order valence-corrected chi connectivity index (χ3v) is 6.83. The van der Waals surface area contributed by atoms with Gasteiger partial charge in [-0.25, -0.2) is 9.37 Å². The predicted octanol–water partition coefficient (Wildman–Crippen LogP) is 4.54. The second-order valence-electron chi connectivity index (χ2n) is 8.95. The molecule has 0 radical (unpaired) electrons. The number of benzene rings is 1. The van der Waals surface area contributed by atoms with Crippen molar-refractivity contribution in [2.45, 2.75) is 56.8 Å². The van der Waals surface area contributed by atoms with Crippen molar-refractivity contribution in [3.63, 3.8) is 0 Å². The minimum Gasteiger partial charge on any atom is -0.351 e. The predicted molar refractivity (Wildman–Crippen MR) is 114 cm³/mol. The zero-order chi connectivity index (χ0) is 20.9. The number of hydrogen-bond donors (Lipinski definition) is 1. The summed E-state index contributed by atoms with van der Waals surface area (Å²) in [4.78, 5) is 18.2. The van der Waals surface area contributed by atoms with Crippen LogP contribution in [0.5, 0.6) is 0 Å². The first-order valence-corrected chi connectivity index (χ1v) is 10.9. The lowest BCUT2D eigenvalue weighted by Gasteiger charge is -2.30. The van der Waals surface area contributed by atoms with Crippen LogP contribution in [0.15, 0.2) is 30.3 Å². The fourth-order valence-corrected chi connectivity index (χ4v) is 5.00. The Morgan fingerprint density at radius 3 is 2.60 bits per heavy atom. The summed E-state index contributed by atoms with van der Waals surface area (Å²) in [5.74, 6) is 0.153. The van der Waals surface area contributed by atoms with Crippen LogP contribution in [0.25, 0.3) is 11.0 Å². The number of nitrogens with one attached hydrogen (secondary N) is 1. The smallest absolute Gasteiger partial charge is 0.252 e. The lowest BCUT2D eigenvalue weighted by Crippen LogP contribution is -2.39. The van der Waals surface area contributed by atoms with Crippen LogP contribution in [0.4, 0.5) is 4.39 Å². The normalized spacial score (nSPS) is 18.1. The molecule has 5 rings (SSSR count). The van der Waals surface area contributed by atoms with Gasteiger partial charge >= 0.3 is 0 Å². The molecular weight excluding hydrogens is 379 g/mol. The van der Waals surface area contributed by atoms with E-state index in [1.165, 1.54) is 12.1 Å². The van der Waals surface area contributed by atoms with Gasteiger partial charge in [-0.1, -0.05) is 25.0 Å². The molecule has 2 aliphatic carbocycles. The van der Waals surface area contributed by atoms with E-state index < -0.39 is 0 Å².